The number of ether oxygens (including phenoxy) is 2. The lowest BCUT2D eigenvalue weighted by Crippen LogP contribution is -2.25. The zero-order valence-electron chi connectivity index (χ0n) is 11.7. The minimum atomic E-state index is -0.570. The highest BCUT2D eigenvalue weighted by Crippen LogP contribution is 2.37. The fourth-order valence-electron chi connectivity index (χ4n) is 2.34. The molecular weight excluding hydrogens is 279 g/mol. The van der Waals surface area contributed by atoms with Crippen molar-refractivity contribution in [2.24, 2.45) is 11.0 Å². The molecule has 0 N–H and O–H groups in total. The number of hydrogen-bond acceptors (Lipinski definition) is 4. The molecule has 8 heteroatoms. The first-order valence-electron chi connectivity index (χ1n) is 6.33. The minimum Gasteiger partial charge on any atom is -0.494 e. The fraction of sp³-hybridized carbons (Fsp3) is 0.462. The molecule has 1 aliphatic heterocycles. The van der Waals surface area contributed by atoms with Crippen LogP contribution in [0.15, 0.2) is 17.2 Å². The molecule has 1 heterocycles. The van der Waals surface area contributed by atoms with Crippen molar-refractivity contribution in [2.75, 3.05) is 32.2 Å². The Morgan fingerprint density at radius 3 is 2.76 bits per heavy atom. The van der Waals surface area contributed by atoms with Gasteiger partial charge in [-0.25, -0.2) is 4.39 Å². The van der Waals surface area contributed by atoms with E-state index in [0.29, 0.717) is 18.0 Å². The van der Waals surface area contributed by atoms with Gasteiger partial charge in [0.05, 0.1) is 19.9 Å². The predicted octanol–water partition coefficient (Wildman–Crippen LogP) is 2.51. The molecule has 1 fully saturated rings. The lowest BCUT2D eigenvalue weighted by atomic mass is 10.1. The van der Waals surface area contributed by atoms with Gasteiger partial charge in [0.15, 0.2) is 11.6 Å². The monoisotopic (exact) mass is 294 g/mol. The number of rotatable bonds is 5. The first-order valence-corrected chi connectivity index (χ1v) is 6.33. The molecule has 7 nitrogen and oxygen atoms in total. The van der Waals surface area contributed by atoms with E-state index >= 15 is 0 Å². The molecule has 2 rings (SSSR count). The van der Waals surface area contributed by atoms with E-state index in [1.54, 1.807) is 0 Å². The third kappa shape index (κ3) is 3.00. The molecular formula is C13H15FN4O3. The van der Waals surface area contributed by atoms with Crippen molar-refractivity contribution in [3.8, 4) is 11.5 Å². The van der Waals surface area contributed by atoms with E-state index in [1.807, 2.05) is 0 Å². The number of halogens is 1. The maximum absolute atomic E-state index is 13.9. The Morgan fingerprint density at radius 2 is 2.14 bits per heavy atom. The molecule has 1 aromatic carbocycles. The van der Waals surface area contributed by atoms with Gasteiger partial charge in [0, 0.05) is 36.6 Å². The number of carbonyl (C=O) groups is 1. The van der Waals surface area contributed by atoms with E-state index in [-0.39, 0.29) is 30.5 Å². The number of carbonyl (C=O) groups excluding carboxylic acids is 1. The van der Waals surface area contributed by atoms with E-state index in [9.17, 15) is 9.18 Å². The van der Waals surface area contributed by atoms with Crippen molar-refractivity contribution >= 4 is 11.6 Å². The number of hydrogen-bond donors (Lipinski definition) is 0. The number of amides is 1. The number of benzene rings is 1. The second kappa shape index (κ2) is 6.32. The van der Waals surface area contributed by atoms with Crippen LogP contribution in [0.3, 0.4) is 0 Å². The third-order valence-corrected chi connectivity index (χ3v) is 3.35. The van der Waals surface area contributed by atoms with Gasteiger partial charge in [-0.2, -0.15) is 0 Å². The summed E-state index contributed by atoms with van der Waals surface area (Å²) in [5.41, 5.74) is 8.68. The second-order valence-electron chi connectivity index (χ2n) is 4.65. The predicted molar refractivity (Wildman–Crippen MR) is 74.0 cm³/mol. The van der Waals surface area contributed by atoms with Gasteiger partial charge in [0.2, 0.25) is 5.91 Å². The van der Waals surface area contributed by atoms with Gasteiger partial charge in [-0.3, -0.25) is 4.79 Å². The fourth-order valence-corrected chi connectivity index (χ4v) is 2.34. The zero-order valence-corrected chi connectivity index (χ0v) is 11.7. The van der Waals surface area contributed by atoms with E-state index in [0.717, 1.165) is 0 Å². The summed E-state index contributed by atoms with van der Waals surface area (Å²) in [5, 5.41) is 3.48. The minimum absolute atomic E-state index is 0.0490. The van der Waals surface area contributed by atoms with Gasteiger partial charge in [0.1, 0.15) is 5.75 Å². The molecule has 1 aromatic rings. The Bertz CT molecular complexity index is 601. The average Bonchev–Trinajstić information content (AvgIpc) is 2.85. The summed E-state index contributed by atoms with van der Waals surface area (Å²) in [7, 11) is 2.79. The first kappa shape index (κ1) is 14.9. The molecule has 0 spiro atoms. The highest BCUT2D eigenvalue weighted by molar-refractivity contribution is 5.97. The van der Waals surface area contributed by atoms with Crippen molar-refractivity contribution in [1.29, 1.82) is 0 Å². The maximum atomic E-state index is 13.9. The van der Waals surface area contributed by atoms with Crippen LogP contribution in [-0.4, -0.2) is 33.2 Å². The van der Waals surface area contributed by atoms with Crippen LogP contribution in [-0.2, 0) is 4.79 Å². The summed E-state index contributed by atoms with van der Waals surface area (Å²) in [6.45, 7) is 0.597. The first-order chi connectivity index (χ1) is 10.1. The zero-order chi connectivity index (χ0) is 15.4. The van der Waals surface area contributed by atoms with Gasteiger partial charge in [-0.05, 0) is 11.4 Å². The number of methoxy groups -OCH3 is 2. The molecule has 1 amide bonds. The van der Waals surface area contributed by atoms with Crippen molar-refractivity contribution in [1.82, 2.24) is 0 Å². The third-order valence-electron chi connectivity index (χ3n) is 3.35. The molecule has 1 unspecified atom stereocenters. The molecule has 21 heavy (non-hydrogen) atoms. The Hall–Kier alpha value is -2.47. The highest BCUT2D eigenvalue weighted by atomic mass is 19.1. The van der Waals surface area contributed by atoms with Crippen LogP contribution < -0.4 is 14.4 Å². The van der Waals surface area contributed by atoms with Gasteiger partial charge in [0.25, 0.3) is 0 Å². The largest absolute Gasteiger partial charge is 0.494 e. The molecule has 112 valence electrons. The van der Waals surface area contributed by atoms with Gasteiger partial charge in [-0.15, -0.1) is 0 Å². The Morgan fingerprint density at radius 1 is 1.43 bits per heavy atom. The van der Waals surface area contributed by atoms with Crippen molar-refractivity contribution < 1.29 is 18.7 Å². The van der Waals surface area contributed by atoms with Crippen LogP contribution >= 0.6 is 0 Å². The van der Waals surface area contributed by atoms with Crippen LogP contribution in [0.4, 0.5) is 10.1 Å². The smallest absolute Gasteiger partial charge is 0.227 e. The summed E-state index contributed by atoms with van der Waals surface area (Å²) in [4.78, 5) is 16.2. The lowest BCUT2D eigenvalue weighted by Gasteiger charge is -2.20. The van der Waals surface area contributed by atoms with Crippen LogP contribution in [0.5, 0.6) is 11.5 Å². The molecule has 1 saturated heterocycles. The van der Waals surface area contributed by atoms with Crippen molar-refractivity contribution in [3.05, 3.63) is 28.4 Å². The van der Waals surface area contributed by atoms with Crippen molar-refractivity contribution in [2.45, 2.75) is 6.42 Å². The second-order valence-corrected chi connectivity index (χ2v) is 4.65. The van der Waals surface area contributed by atoms with E-state index < -0.39 is 5.82 Å². The highest BCUT2D eigenvalue weighted by Gasteiger charge is 2.32. The summed E-state index contributed by atoms with van der Waals surface area (Å²) in [6, 6.07) is 2.62. The van der Waals surface area contributed by atoms with E-state index in [2.05, 4.69) is 10.0 Å². The quantitative estimate of drug-likeness (QED) is 0.475. The lowest BCUT2D eigenvalue weighted by molar-refractivity contribution is -0.117. The van der Waals surface area contributed by atoms with Crippen LogP contribution in [0, 0.1) is 11.7 Å². The Balaban J connectivity index is 2.31. The summed E-state index contributed by atoms with van der Waals surface area (Å²) < 4.78 is 24.0. The molecule has 0 aromatic heterocycles. The average molecular weight is 294 g/mol. The van der Waals surface area contributed by atoms with Crippen LogP contribution in [0.25, 0.3) is 10.4 Å². The Kier molecular flexibility index (Phi) is 4.49. The van der Waals surface area contributed by atoms with Gasteiger partial charge < -0.3 is 14.4 Å². The molecule has 0 bridgehead atoms. The number of anilines is 1. The van der Waals surface area contributed by atoms with Crippen LogP contribution in [0.2, 0.25) is 0 Å². The molecule has 0 aliphatic carbocycles. The Labute approximate surface area is 120 Å². The van der Waals surface area contributed by atoms with E-state index in [4.69, 9.17) is 15.0 Å². The SMILES string of the molecule is COc1cc(OC)c(N2CC(CN=[N+]=[N-])CC2=O)cc1F. The number of azide groups is 1. The molecule has 1 aliphatic rings. The van der Waals surface area contributed by atoms with Crippen LogP contribution in [0.1, 0.15) is 6.42 Å². The van der Waals surface area contributed by atoms with Gasteiger partial charge in [-0.1, -0.05) is 5.11 Å². The standard InChI is InChI=1S/C13H15FN4O3/c1-20-11-5-12(21-2)10(4-9(11)14)18-7-8(3-13(18)19)6-16-17-15/h4-5,8H,3,6-7H2,1-2H3. The molecule has 0 radical (unpaired) electrons. The normalized spacial score (nSPS) is 17.6. The van der Waals surface area contributed by atoms with Gasteiger partial charge >= 0.3 is 0 Å². The summed E-state index contributed by atoms with van der Waals surface area (Å²) in [5.74, 6) is -0.405. The summed E-state index contributed by atoms with van der Waals surface area (Å²) >= 11 is 0. The molecule has 1 atom stereocenters. The maximum Gasteiger partial charge on any atom is 0.227 e. The topological polar surface area (TPSA) is 87.5 Å². The summed E-state index contributed by atoms with van der Waals surface area (Å²) in [6.07, 6.45) is 0.260. The number of nitrogens with zero attached hydrogens (tertiary/aromatic N) is 4. The van der Waals surface area contributed by atoms with E-state index in [1.165, 1.54) is 31.3 Å². The molecule has 0 saturated carbocycles. The van der Waals surface area contributed by atoms with Crippen molar-refractivity contribution in [3.63, 3.8) is 0 Å².